The van der Waals surface area contributed by atoms with Crippen molar-refractivity contribution in [3.05, 3.63) is 40.7 Å². The van der Waals surface area contributed by atoms with Crippen molar-refractivity contribution >= 4 is 11.6 Å². The number of nitrogens with one attached hydrogen (secondary N) is 1. The zero-order valence-corrected chi connectivity index (χ0v) is 13.2. The summed E-state index contributed by atoms with van der Waals surface area (Å²) in [6, 6.07) is 5.65. The van der Waals surface area contributed by atoms with Gasteiger partial charge in [0, 0.05) is 17.8 Å². The van der Waals surface area contributed by atoms with Crippen LogP contribution >= 0.6 is 11.6 Å². The molecule has 0 saturated carbocycles. The third kappa shape index (κ3) is 5.02. The normalized spacial score (nSPS) is 10.8. The first-order valence-corrected chi connectivity index (χ1v) is 7.55. The summed E-state index contributed by atoms with van der Waals surface area (Å²) in [5.74, 6) is 0.821. The summed E-state index contributed by atoms with van der Waals surface area (Å²) >= 11 is 5.98. The Bertz CT molecular complexity index is 571. The summed E-state index contributed by atoms with van der Waals surface area (Å²) in [5, 5.41) is 12.3. The van der Waals surface area contributed by atoms with Crippen molar-refractivity contribution in [2.75, 3.05) is 13.2 Å². The lowest BCUT2D eigenvalue weighted by atomic mass is 10.2. The largest absolute Gasteiger partial charge is 0.492 e. The first kappa shape index (κ1) is 15.8. The van der Waals surface area contributed by atoms with Gasteiger partial charge in [-0.1, -0.05) is 23.7 Å². The van der Waals surface area contributed by atoms with Crippen LogP contribution in [0.4, 0.5) is 0 Å². The molecule has 0 spiro atoms. The number of halogens is 1. The fourth-order valence-corrected chi connectivity index (χ4v) is 2.00. The Morgan fingerprint density at radius 2 is 2.24 bits per heavy atom. The number of ether oxygens (including phenoxy) is 1. The zero-order valence-electron chi connectivity index (χ0n) is 12.5. The molecule has 0 amide bonds. The SMILES string of the molecule is CCCNCc1cn(CCOc2ccc(Cl)c(C)c2)nn1. The van der Waals surface area contributed by atoms with Crippen LogP contribution in [0.25, 0.3) is 0 Å². The highest BCUT2D eigenvalue weighted by atomic mass is 35.5. The quantitative estimate of drug-likeness (QED) is 0.762. The summed E-state index contributed by atoms with van der Waals surface area (Å²) < 4.78 is 7.49. The summed E-state index contributed by atoms with van der Waals surface area (Å²) in [4.78, 5) is 0. The molecule has 5 nitrogen and oxygen atoms in total. The van der Waals surface area contributed by atoms with Crippen LogP contribution in [-0.2, 0) is 13.1 Å². The zero-order chi connectivity index (χ0) is 15.1. The maximum absolute atomic E-state index is 5.98. The van der Waals surface area contributed by atoms with Crippen molar-refractivity contribution in [3.8, 4) is 5.75 Å². The summed E-state index contributed by atoms with van der Waals surface area (Å²) in [7, 11) is 0. The molecule has 1 heterocycles. The van der Waals surface area contributed by atoms with Gasteiger partial charge in [-0.15, -0.1) is 5.10 Å². The van der Waals surface area contributed by atoms with Crippen molar-refractivity contribution in [2.45, 2.75) is 33.4 Å². The Morgan fingerprint density at radius 1 is 1.38 bits per heavy atom. The molecule has 2 rings (SSSR count). The first-order chi connectivity index (χ1) is 10.2. The van der Waals surface area contributed by atoms with E-state index in [2.05, 4.69) is 22.6 Å². The van der Waals surface area contributed by atoms with Crippen LogP contribution in [0.3, 0.4) is 0 Å². The molecule has 0 unspecified atom stereocenters. The molecule has 1 N–H and O–H groups in total. The van der Waals surface area contributed by atoms with E-state index < -0.39 is 0 Å². The van der Waals surface area contributed by atoms with E-state index in [-0.39, 0.29) is 0 Å². The molecule has 0 saturated heterocycles. The number of rotatable bonds is 8. The second kappa shape index (κ2) is 8.00. The van der Waals surface area contributed by atoms with Crippen LogP contribution in [0.2, 0.25) is 5.02 Å². The fraction of sp³-hybridized carbons (Fsp3) is 0.467. The van der Waals surface area contributed by atoms with Gasteiger partial charge in [0.05, 0.1) is 12.2 Å². The lowest BCUT2D eigenvalue weighted by Crippen LogP contribution is -2.14. The predicted molar refractivity (Wildman–Crippen MR) is 83.7 cm³/mol. The van der Waals surface area contributed by atoms with E-state index >= 15 is 0 Å². The minimum Gasteiger partial charge on any atom is -0.492 e. The highest BCUT2D eigenvalue weighted by molar-refractivity contribution is 6.31. The molecule has 21 heavy (non-hydrogen) atoms. The van der Waals surface area contributed by atoms with E-state index in [1.54, 1.807) is 4.68 Å². The lowest BCUT2D eigenvalue weighted by molar-refractivity contribution is 0.289. The number of hydrogen-bond donors (Lipinski definition) is 1. The van der Waals surface area contributed by atoms with Gasteiger partial charge in [-0.2, -0.15) is 0 Å². The minimum atomic E-state index is 0.548. The highest BCUT2D eigenvalue weighted by Crippen LogP contribution is 2.20. The van der Waals surface area contributed by atoms with Crippen LogP contribution in [-0.4, -0.2) is 28.1 Å². The molecule has 0 fully saturated rings. The van der Waals surface area contributed by atoms with Gasteiger partial charge in [-0.3, -0.25) is 0 Å². The number of hydrogen-bond acceptors (Lipinski definition) is 4. The number of aromatic nitrogens is 3. The summed E-state index contributed by atoms with van der Waals surface area (Å²) in [6.45, 7) is 7.06. The second-order valence-electron chi connectivity index (χ2n) is 4.91. The van der Waals surface area contributed by atoms with Gasteiger partial charge in [0.25, 0.3) is 0 Å². The minimum absolute atomic E-state index is 0.548. The van der Waals surface area contributed by atoms with E-state index in [0.717, 1.165) is 41.5 Å². The van der Waals surface area contributed by atoms with Crippen LogP contribution in [0.15, 0.2) is 24.4 Å². The average molecular weight is 309 g/mol. The van der Waals surface area contributed by atoms with Crippen LogP contribution in [0.5, 0.6) is 5.75 Å². The van der Waals surface area contributed by atoms with Crippen LogP contribution < -0.4 is 10.1 Å². The van der Waals surface area contributed by atoms with Crippen molar-refractivity contribution in [2.24, 2.45) is 0 Å². The number of nitrogens with zero attached hydrogens (tertiary/aromatic N) is 3. The van der Waals surface area contributed by atoms with E-state index in [1.807, 2.05) is 31.3 Å². The van der Waals surface area contributed by atoms with Gasteiger partial charge in [0.15, 0.2) is 0 Å². The summed E-state index contributed by atoms with van der Waals surface area (Å²) in [5.41, 5.74) is 1.96. The molecule has 1 aromatic heterocycles. The van der Waals surface area contributed by atoms with Gasteiger partial charge in [0.1, 0.15) is 12.4 Å². The standard InChI is InChI=1S/C15H21ClN4O/c1-3-6-17-10-13-11-20(19-18-13)7-8-21-14-4-5-15(16)12(2)9-14/h4-5,9,11,17H,3,6-8,10H2,1-2H3. The van der Waals surface area contributed by atoms with Crippen LogP contribution in [0.1, 0.15) is 24.6 Å². The molecule has 114 valence electrons. The first-order valence-electron chi connectivity index (χ1n) is 7.17. The van der Waals surface area contributed by atoms with E-state index in [9.17, 15) is 0 Å². The predicted octanol–water partition coefficient (Wildman–Crippen LogP) is 2.82. The van der Waals surface area contributed by atoms with E-state index in [0.29, 0.717) is 13.2 Å². The Labute approximate surface area is 130 Å². The number of benzene rings is 1. The van der Waals surface area contributed by atoms with Crippen molar-refractivity contribution in [1.82, 2.24) is 20.3 Å². The van der Waals surface area contributed by atoms with Gasteiger partial charge >= 0.3 is 0 Å². The highest BCUT2D eigenvalue weighted by Gasteiger charge is 2.02. The maximum Gasteiger partial charge on any atom is 0.119 e. The molecule has 0 aliphatic rings. The molecule has 2 aromatic rings. The van der Waals surface area contributed by atoms with Gasteiger partial charge in [0.2, 0.25) is 0 Å². The molecular weight excluding hydrogens is 288 g/mol. The molecule has 1 aromatic carbocycles. The second-order valence-corrected chi connectivity index (χ2v) is 5.32. The van der Waals surface area contributed by atoms with Crippen LogP contribution in [0, 0.1) is 6.92 Å². The van der Waals surface area contributed by atoms with Crippen molar-refractivity contribution in [3.63, 3.8) is 0 Å². The molecule has 6 heteroatoms. The Morgan fingerprint density at radius 3 is 3.00 bits per heavy atom. The average Bonchev–Trinajstić information content (AvgIpc) is 2.91. The van der Waals surface area contributed by atoms with E-state index in [4.69, 9.17) is 16.3 Å². The van der Waals surface area contributed by atoms with E-state index in [1.165, 1.54) is 0 Å². The Balaban J connectivity index is 1.76. The Hall–Kier alpha value is -1.59. The van der Waals surface area contributed by atoms with Crippen molar-refractivity contribution < 1.29 is 4.74 Å². The lowest BCUT2D eigenvalue weighted by Gasteiger charge is -2.07. The topological polar surface area (TPSA) is 52.0 Å². The monoisotopic (exact) mass is 308 g/mol. The molecule has 0 atom stereocenters. The number of aryl methyl sites for hydroxylation is 1. The summed E-state index contributed by atoms with van der Waals surface area (Å²) in [6.07, 6.45) is 3.06. The molecule has 0 bridgehead atoms. The van der Waals surface area contributed by atoms with Crippen molar-refractivity contribution in [1.29, 1.82) is 0 Å². The van der Waals surface area contributed by atoms with Gasteiger partial charge < -0.3 is 10.1 Å². The van der Waals surface area contributed by atoms with Gasteiger partial charge in [-0.05, 0) is 43.7 Å². The molecule has 0 aliphatic carbocycles. The third-order valence-electron chi connectivity index (χ3n) is 3.04. The molecular formula is C15H21ClN4O. The van der Waals surface area contributed by atoms with Gasteiger partial charge in [-0.25, -0.2) is 4.68 Å². The fourth-order valence-electron chi connectivity index (χ4n) is 1.89. The molecule has 0 radical (unpaired) electrons. The Kier molecular flexibility index (Phi) is 6.02. The smallest absolute Gasteiger partial charge is 0.119 e. The molecule has 0 aliphatic heterocycles. The third-order valence-corrected chi connectivity index (χ3v) is 3.46. The maximum atomic E-state index is 5.98.